The smallest absolute Gasteiger partial charge is 0.306 e. The van der Waals surface area contributed by atoms with Gasteiger partial charge in [-0.15, -0.1) is 0 Å². The summed E-state index contributed by atoms with van der Waals surface area (Å²) in [7, 11) is 0. The quantitative estimate of drug-likeness (QED) is 0.520. The molecule has 1 fully saturated rings. The molecule has 1 rings (SSSR count). The molecule has 0 aromatic rings. The molecule has 4 heteroatoms. The van der Waals surface area contributed by atoms with Crippen molar-refractivity contribution >= 4 is 5.97 Å². The van der Waals surface area contributed by atoms with Crippen LogP contribution in [-0.2, 0) is 19.0 Å². The highest BCUT2D eigenvalue weighted by Gasteiger charge is 2.43. The molecule has 0 heterocycles. The fraction of sp³-hybridized carbons (Fsp3) is 0.929. The average molecular weight is 258 g/mol. The van der Waals surface area contributed by atoms with E-state index in [9.17, 15) is 4.79 Å². The molecule has 1 aliphatic rings. The molecule has 18 heavy (non-hydrogen) atoms. The van der Waals surface area contributed by atoms with E-state index in [0.29, 0.717) is 26.2 Å². The lowest BCUT2D eigenvalue weighted by Crippen LogP contribution is -2.47. The number of hydrogen-bond acceptors (Lipinski definition) is 4. The average Bonchev–Trinajstić information content (AvgIpc) is 2.33. The molecular weight excluding hydrogens is 232 g/mol. The van der Waals surface area contributed by atoms with Gasteiger partial charge in [0.15, 0.2) is 5.79 Å². The van der Waals surface area contributed by atoms with Crippen molar-refractivity contribution in [3.8, 4) is 0 Å². The first kappa shape index (κ1) is 15.4. The molecular formula is C14H26O4. The van der Waals surface area contributed by atoms with Crippen LogP contribution in [0.25, 0.3) is 0 Å². The van der Waals surface area contributed by atoms with Gasteiger partial charge in [0.25, 0.3) is 0 Å². The maximum Gasteiger partial charge on any atom is 0.306 e. The molecule has 0 amide bonds. The van der Waals surface area contributed by atoms with Gasteiger partial charge in [-0.1, -0.05) is 6.42 Å². The number of rotatable bonds is 7. The Morgan fingerprint density at radius 3 is 2.33 bits per heavy atom. The Morgan fingerprint density at radius 2 is 1.78 bits per heavy atom. The lowest BCUT2D eigenvalue weighted by Gasteiger charge is -2.42. The molecule has 0 radical (unpaired) electrons. The van der Waals surface area contributed by atoms with E-state index in [1.54, 1.807) is 0 Å². The molecule has 0 aromatic carbocycles. The zero-order chi connectivity index (χ0) is 13.4. The minimum Gasteiger partial charge on any atom is -0.466 e. The predicted molar refractivity (Wildman–Crippen MR) is 69.2 cm³/mol. The summed E-state index contributed by atoms with van der Waals surface area (Å²) in [4.78, 5) is 11.7. The van der Waals surface area contributed by atoms with Gasteiger partial charge >= 0.3 is 5.97 Å². The van der Waals surface area contributed by atoms with Crippen LogP contribution in [0.2, 0.25) is 0 Å². The van der Waals surface area contributed by atoms with Crippen LogP contribution in [0, 0.1) is 5.92 Å². The summed E-state index contributed by atoms with van der Waals surface area (Å²) in [6, 6.07) is 0. The van der Waals surface area contributed by atoms with Gasteiger partial charge in [-0.2, -0.15) is 0 Å². The first-order chi connectivity index (χ1) is 8.68. The van der Waals surface area contributed by atoms with E-state index in [0.717, 1.165) is 25.7 Å². The molecule has 0 spiro atoms. The number of ether oxygens (including phenoxy) is 3. The molecule has 0 N–H and O–H groups in total. The van der Waals surface area contributed by atoms with Gasteiger partial charge in [0.1, 0.15) is 0 Å². The SMILES string of the molecule is CCOC(=O)C[C@@H]1CCCCC1(OCC)OCC. The Morgan fingerprint density at radius 1 is 1.11 bits per heavy atom. The monoisotopic (exact) mass is 258 g/mol. The summed E-state index contributed by atoms with van der Waals surface area (Å²) in [5.41, 5.74) is 0. The third kappa shape index (κ3) is 3.95. The Kier molecular flexibility index (Phi) is 6.65. The first-order valence-corrected chi connectivity index (χ1v) is 7.12. The summed E-state index contributed by atoms with van der Waals surface area (Å²) in [5, 5.41) is 0. The van der Waals surface area contributed by atoms with Crippen molar-refractivity contribution < 1.29 is 19.0 Å². The predicted octanol–water partition coefficient (Wildman–Crippen LogP) is 2.90. The summed E-state index contributed by atoms with van der Waals surface area (Å²) < 4.78 is 16.8. The highest BCUT2D eigenvalue weighted by Crippen LogP contribution is 2.40. The van der Waals surface area contributed by atoms with Crippen LogP contribution in [0.3, 0.4) is 0 Å². The van der Waals surface area contributed by atoms with Gasteiger partial charge in [0.2, 0.25) is 0 Å². The van der Waals surface area contributed by atoms with Crippen LogP contribution < -0.4 is 0 Å². The minimum absolute atomic E-state index is 0.116. The van der Waals surface area contributed by atoms with Crippen LogP contribution in [0.1, 0.15) is 52.9 Å². The minimum atomic E-state index is -0.575. The van der Waals surface area contributed by atoms with E-state index in [1.165, 1.54) is 0 Å². The first-order valence-electron chi connectivity index (χ1n) is 7.12. The Labute approximate surface area is 110 Å². The topological polar surface area (TPSA) is 44.8 Å². The second kappa shape index (κ2) is 7.74. The van der Waals surface area contributed by atoms with Gasteiger partial charge in [0.05, 0.1) is 13.0 Å². The lowest BCUT2D eigenvalue weighted by molar-refractivity contribution is -0.277. The molecule has 1 atom stereocenters. The second-order valence-corrected chi connectivity index (χ2v) is 4.63. The van der Waals surface area contributed by atoms with Gasteiger partial charge < -0.3 is 14.2 Å². The number of carbonyl (C=O) groups excluding carboxylic acids is 1. The third-order valence-corrected chi connectivity index (χ3v) is 3.45. The molecule has 1 saturated carbocycles. The van der Waals surface area contributed by atoms with Gasteiger partial charge in [-0.05, 0) is 33.6 Å². The van der Waals surface area contributed by atoms with E-state index >= 15 is 0 Å². The molecule has 106 valence electrons. The van der Waals surface area contributed by atoms with Gasteiger partial charge in [-0.25, -0.2) is 0 Å². The van der Waals surface area contributed by atoms with Crippen molar-refractivity contribution in [3.05, 3.63) is 0 Å². The van der Waals surface area contributed by atoms with Crippen molar-refractivity contribution in [2.45, 2.75) is 58.7 Å². The molecule has 1 aliphatic carbocycles. The summed E-state index contributed by atoms with van der Waals surface area (Å²) in [6.45, 7) is 7.42. The third-order valence-electron chi connectivity index (χ3n) is 3.45. The van der Waals surface area contributed by atoms with Crippen LogP contribution in [0.5, 0.6) is 0 Å². The summed E-state index contributed by atoms with van der Waals surface area (Å²) in [5.74, 6) is -0.604. The van der Waals surface area contributed by atoms with Gasteiger partial charge in [0, 0.05) is 25.6 Å². The largest absolute Gasteiger partial charge is 0.466 e. The molecule has 0 aliphatic heterocycles. The standard InChI is InChI=1S/C14H26O4/c1-4-16-13(15)11-12-9-7-8-10-14(12,17-5-2)18-6-3/h12H,4-11H2,1-3H3/t12-/m0/s1. The van der Waals surface area contributed by atoms with E-state index in [2.05, 4.69) is 0 Å². The van der Waals surface area contributed by atoms with Crippen LogP contribution in [0.15, 0.2) is 0 Å². The van der Waals surface area contributed by atoms with Crippen molar-refractivity contribution in [2.75, 3.05) is 19.8 Å². The normalized spacial score (nSPS) is 22.7. The van der Waals surface area contributed by atoms with Crippen LogP contribution >= 0.6 is 0 Å². The Bertz CT molecular complexity index is 241. The van der Waals surface area contributed by atoms with E-state index < -0.39 is 5.79 Å². The number of esters is 1. The maximum atomic E-state index is 11.7. The highest BCUT2D eigenvalue weighted by atomic mass is 16.7. The van der Waals surface area contributed by atoms with E-state index in [4.69, 9.17) is 14.2 Å². The number of carbonyl (C=O) groups is 1. The maximum absolute atomic E-state index is 11.7. The Balaban J connectivity index is 2.71. The van der Waals surface area contributed by atoms with Crippen molar-refractivity contribution in [1.29, 1.82) is 0 Å². The molecule has 0 aromatic heterocycles. The highest BCUT2D eigenvalue weighted by molar-refractivity contribution is 5.69. The van der Waals surface area contributed by atoms with E-state index in [1.807, 2.05) is 20.8 Å². The fourth-order valence-electron chi connectivity index (χ4n) is 2.78. The second-order valence-electron chi connectivity index (χ2n) is 4.63. The van der Waals surface area contributed by atoms with Crippen molar-refractivity contribution in [2.24, 2.45) is 5.92 Å². The van der Waals surface area contributed by atoms with Crippen molar-refractivity contribution in [1.82, 2.24) is 0 Å². The molecule has 4 nitrogen and oxygen atoms in total. The molecule has 0 bridgehead atoms. The number of hydrogen-bond donors (Lipinski definition) is 0. The van der Waals surface area contributed by atoms with E-state index in [-0.39, 0.29) is 11.9 Å². The van der Waals surface area contributed by atoms with Crippen LogP contribution in [-0.4, -0.2) is 31.6 Å². The Hall–Kier alpha value is -0.610. The van der Waals surface area contributed by atoms with Crippen molar-refractivity contribution in [3.63, 3.8) is 0 Å². The zero-order valence-electron chi connectivity index (χ0n) is 11.9. The lowest BCUT2D eigenvalue weighted by atomic mass is 9.81. The van der Waals surface area contributed by atoms with Crippen LogP contribution in [0.4, 0.5) is 0 Å². The summed E-state index contributed by atoms with van der Waals surface area (Å²) in [6.07, 6.45) is 4.47. The molecule has 0 saturated heterocycles. The summed E-state index contributed by atoms with van der Waals surface area (Å²) >= 11 is 0. The molecule has 0 unspecified atom stereocenters. The zero-order valence-corrected chi connectivity index (χ0v) is 11.9. The van der Waals surface area contributed by atoms with Gasteiger partial charge in [-0.3, -0.25) is 4.79 Å². The fourth-order valence-corrected chi connectivity index (χ4v) is 2.78.